The Morgan fingerprint density at radius 2 is 1.76 bits per heavy atom. The van der Waals surface area contributed by atoms with E-state index < -0.39 is 0 Å². The van der Waals surface area contributed by atoms with Gasteiger partial charge < -0.3 is 5.32 Å². The first kappa shape index (κ1) is 15.3. The van der Waals surface area contributed by atoms with Gasteiger partial charge in [-0.15, -0.1) is 0 Å². The summed E-state index contributed by atoms with van der Waals surface area (Å²) in [5.41, 5.74) is 4.26. The van der Waals surface area contributed by atoms with E-state index in [1.54, 1.807) is 0 Å². The molecule has 110 valence electrons. The van der Waals surface area contributed by atoms with Crippen molar-refractivity contribution in [2.24, 2.45) is 0 Å². The second-order valence-corrected chi connectivity index (χ2v) is 5.47. The van der Waals surface area contributed by atoms with Crippen LogP contribution in [-0.2, 0) is 0 Å². The van der Waals surface area contributed by atoms with Crippen LogP contribution in [0.15, 0.2) is 48.5 Å². The molecular formula is C19H23NO. The Bertz CT molecular complexity index is 604. The Hall–Kier alpha value is -2.09. The molecule has 0 spiro atoms. The Morgan fingerprint density at radius 1 is 1.05 bits per heavy atom. The van der Waals surface area contributed by atoms with Gasteiger partial charge in [0.1, 0.15) is 0 Å². The first-order chi connectivity index (χ1) is 10.1. The Labute approximate surface area is 127 Å². The van der Waals surface area contributed by atoms with Crippen LogP contribution in [0.4, 0.5) is 0 Å². The lowest BCUT2D eigenvalue weighted by molar-refractivity contribution is 0.0950. The van der Waals surface area contributed by atoms with E-state index in [0.29, 0.717) is 12.5 Å². The van der Waals surface area contributed by atoms with Gasteiger partial charge >= 0.3 is 0 Å². The van der Waals surface area contributed by atoms with E-state index in [2.05, 4.69) is 24.4 Å². The zero-order chi connectivity index (χ0) is 15.2. The lowest BCUT2D eigenvalue weighted by Gasteiger charge is -2.17. The molecule has 0 aliphatic carbocycles. The monoisotopic (exact) mass is 281 g/mol. The van der Waals surface area contributed by atoms with Gasteiger partial charge in [0.2, 0.25) is 0 Å². The first-order valence-corrected chi connectivity index (χ1v) is 7.52. The second-order valence-electron chi connectivity index (χ2n) is 5.47. The van der Waals surface area contributed by atoms with Crippen molar-refractivity contribution in [2.75, 3.05) is 6.54 Å². The normalized spacial score (nSPS) is 12.0. The van der Waals surface area contributed by atoms with Crippen LogP contribution in [0.2, 0.25) is 0 Å². The van der Waals surface area contributed by atoms with Crippen molar-refractivity contribution in [3.8, 4) is 0 Å². The number of amides is 1. The fourth-order valence-electron chi connectivity index (χ4n) is 2.53. The number of aryl methyl sites for hydroxylation is 1. The molecule has 0 heterocycles. The van der Waals surface area contributed by atoms with Crippen LogP contribution in [0.1, 0.15) is 46.3 Å². The molecule has 0 radical (unpaired) electrons. The fourth-order valence-corrected chi connectivity index (χ4v) is 2.53. The molecule has 0 saturated carbocycles. The van der Waals surface area contributed by atoms with E-state index in [4.69, 9.17) is 0 Å². The molecule has 1 N–H and O–H groups in total. The third-order valence-corrected chi connectivity index (χ3v) is 4.12. The van der Waals surface area contributed by atoms with Gasteiger partial charge in [-0.25, -0.2) is 0 Å². The van der Waals surface area contributed by atoms with Crippen LogP contribution in [0.25, 0.3) is 0 Å². The van der Waals surface area contributed by atoms with Gasteiger partial charge in [-0.2, -0.15) is 0 Å². The maximum atomic E-state index is 12.4. The third-order valence-electron chi connectivity index (χ3n) is 4.12. The molecule has 0 bridgehead atoms. The zero-order valence-corrected chi connectivity index (χ0v) is 13.0. The van der Waals surface area contributed by atoms with Gasteiger partial charge in [-0.1, -0.05) is 49.4 Å². The molecule has 0 aliphatic heterocycles. The lowest BCUT2D eigenvalue weighted by Crippen LogP contribution is -2.29. The molecule has 2 nitrogen and oxygen atoms in total. The summed E-state index contributed by atoms with van der Waals surface area (Å²) in [5, 5.41) is 3.08. The van der Waals surface area contributed by atoms with Crippen LogP contribution >= 0.6 is 0 Å². The van der Waals surface area contributed by atoms with E-state index in [1.165, 1.54) is 5.56 Å². The minimum atomic E-state index is 0.0191. The lowest BCUT2D eigenvalue weighted by atomic mass is 9.96. The molecule has 21 heavy (non-hydrogen) atoms. The number of carbonyl (C=O) groups excluding carboxylic acids is 1. The van der Waals surface area contributed by atoms with Crippen molar-refractivity contribution < 1.29 is 4.79 Å². The highest BCUT2D eigenvalue weighted by atomic mass is 16.1. The largest absolute Gasteiger partial charge is 0.351 e. The van der Waals surface area contributed by atoms with Crippen LogP contribution in [-0.4, -0.2) is 12.5 Å². The van der Waals surface area contributed by atoms with Crippen molar-refractivity contribution >= 4 is 5.91 Å². The van der Waals surface area contributed by atoms with E-state index in [1.807, 2.05) is 50.2 Å². The summed E-state index contributed by atoms with van der Waals surface area (Å²) in [6, 6.07) is 16.2. The Kier molecular flexibility index (Phi) is 5.15. The predicted molar refractivity (Wildman–Crippen MR) is 87.7 cm³/mol. The minimum absolute atomic E-state index is 0.0191. The Morgan fingerprint density at radius 3 is 2.43 bits per heavy atom. The van der Waals surface area contributed by atoms with Gasteiger partial charge in [0.05, 0.1) is 0 Å². The number of hydrogen-bond donors (Lipinski definition) is 1. The van der Waals surface area contributed by atoms with Gasteiger partial charge in [0.15, 0.2) is 0 Å². The molecule has 1 unspecified atom stereocenters. The van der Waals surface area contributed by atoms with Crippen LogP contribution in [0, 0.1) is 13.8 Å². The molecule has 0 saturated heterocycles. The maximum absolute atomic E-state index is 12.4. The summed E-state index contributed by atoms with van der Waals surface area (Å²) in [4.78, 5) is 12.4. The van der Waals surface area contributed by atoms with Crippen molar-refractivity contribution in [1.29, 1.82) is 0 Å². The van der Waals surface area contributed by atoms with Crippen molar-refractivity contribution in [2.45, 2.75) is 33.1 Å². The standard InChI is InChI=1S/C19H23NO/c1-4-16(17-10-6-5-7-11-17)13-20-19(21)18-12-8-9-14(2)15(18)3/h5-12,16H,4,13H2,1-3H3,(H,20,21). The average molecular weight is 281 g/mol. The second kappa shape index (κ2) is 7.07. The predicted octanol–water partition coefficient (Wildman–Crippen LogP) is 4.23. The molecule has 0 fully saturated rings. The topological polar surface area (TPSA) is 29.1 Å². The van der Waals surface area contributed by atoms with Gasteiger partial charge in [0, 0.05) is 18.0 Å². The van der Waals surface area contributed by atoms with Crippen molar-refractivity contribution in [1.82, 2.24) is 5.32 Å². The van der Waals surface area contributed by atoms with E-state index in [9.17, 15) is 4.79 Å². The molecule has 1 amide bonds. The smallest absolute Gasteiger partial charge is 0.251 e. The maximum Gasteiger partial charge on any atom is 0.251 e. The van der Waals surface area contributed by atoms with Gasteiger partial charge in [0.25, 0.3) is 5.91 Å². The summed E-state index contributed by atoms with van der Waals surface area (Å²) in [6.45, 7) is 6.86. The number of rotatable bonds is 5. The van der Waals surface area contributed by atoms with Crippen molar-refractivity contribution in [3.05, 3.63) is 70.8 Å². The molecule has 2 heteroatoms. The summed E-state index contributed by atoms with van der Waals surface area (Å²) >= 11 is 0. The zero-order valence-electron chi connectivity index (χ0n) is 13.0. The molecule has 2 aromatic rings. The van der Waals surface area contributed by atoms with Gasteiger partial charge in [-0.3, -0.25) is 4.79 Å². The first-order valence-electron chi connectivity index (χ1n) is 7.52. The minimum Gasteiger partial charge on any atom is -0.351 e. The highest BCUT2D eigenvalue weighted by Crippen LogP contribution is 2.18. The number of hydrogen-bond acceptors (Lipinski definition) is 1. The van der Waals surface area contributed by atoms with Crippen molar-refractivity contribution in [3.63, 3.8) is 0 Å². The summed E-state index contributed by atoms with van der Waals surface area (Å²) in [5.74, 6) is 0.380. The van der Waals surface area contributed by atoms with E-state index in [0.717, 1.165) is 23.1 Å². The third kappa shape index (κ3) is 3.72. The average Bonchev–Trinajstić information content (AvgIpc) is 2.51. The number of benzene rings is 2. The molecular weight excluding hydrogens is 258 g/mol. The van der Waals surface area contributed by atoms with Crippen LogP contribution in [0.5, 0.6) is 0 Å². The highest BCUT2D eigenvalue weighted by molar-refractivity contribution is 5.95. The van der Waals surface area contributed by atoms with E-state index >= 15 is 0 Å². The molecule has 1 atom stereocenters. The quantitative estimate of drug-likeness (QED) is 0.873. The number of carbonyl (C=O) groups is 1. The summed E-state index contributed by atoms with van der Waals surface area (Å²) < 4.78 is 0. The molecule has 0 aromatic heterocycles. The number of nitrogens with one attached hydrogen (secondary N) is 1. The fraction of sp³-hybridized carbons (Fsp3) is 0.316. The van der Waals surface area contributed by atoms with Crippen LogP contribution in [0.3, 0.4) is 0 Å². The summed E-state index contributed by atoms with van der Waals surface area (Å²) in [6.07, 6.45) is 1.01. The SMILES string of the molecule is CCC(CNC(=O)c1cccc(C)c1C)c1ccccc1. The van der Waals surface area contributed by atoms with Gasteiger partial charge in [-0.05, 0) is 43.0 Å². The highest BCUT2D eigenvalue weighted by Gasteiger charge is 2.13. The van der Waals surface area contributed by atoms with E-state index in [-0.39, 0.29) is 5.91 Å². The Balaban J connectivity index is 2.05. The van der Waals surface area contributed by atoms with Crippen LogP contribution < -0.4 is 5.32 Å². The molecule has 2 rings (SSSR count). The molecule has 0 aliphatic rings. The molecule has 2 aromatic carbocycles. The summed E-state index contributed by atoms with van der Waals surface area (Å²) in [7, 11) is 0.